The van der Waals surface area contributed by atoms with Crippen LogP contribution in [-0.4, -0.2) is 30.1 Å². The third-order valence-corrected chi connectivity index (χ3v) is 3.62. The molecule has 0 saturated carbocycles. The van der Waals surface area contributed by atoms with E-state index < -0.39 is 0 Å². The van der Waals surface area contributed by atoms with Gasteiger partial charge in [0.2, 0.25) is 0 Å². The van der Waals surface area contributed by atoms with E-state index >= 15 is 0 Å². The Morgan fingerprint density at radius 2 is 2.12 bits per heavy atom. The molecule has 0 spiro atoms. The van der Waals surface area contributed by atoms with Crippen molar-refractivity contribution in [3.05, 3.63) is 23.7 Å². The van der Waals surface area contributed by atoms with Crippen LogP contribution in [-0.2, 0) is 0 Å². The van der Waals surface area contributed by atoms with Gasteiger partial charge in [0.15, 0.2) is 0 Å². The first-order valence-corrected chi connectivity index (χ1v) is 6.62. The summed E-state index contributed by atoms with van der Waals surface area (Å²) in [6.07, 6.45) is 1.24. The summed E-state index contributed by atoms with van der Waals surface area (Å²) in [6.45, 7) is 11.1. The highest BCUT2D eigenvalue weighted by molar-refractivity contribution is 5.09. The van der Waals surface area contributed by atoms with Gasteiger partial charge < -0.3 is 9.73 Å². The van der Waals surface area contributed by atoms with Gasteiger partial charge in [-0.25, -0.2) is 0 Å². The van der Waals surface area contributed by atoms with Gasteiger partial charge in [-0.2, -0.15) is 0 Å². The standard InChI is InChI=1S/C14H24N2O/c1-10(2)16-8-7-13(9-16)15-12(4)14-6-5-11(3)17-14/h5-6,10,12-13,15H,7-9H2,1-4H3. The number of hydrogen-bond donors (Lipinski definition) is 1. The molecule has 1 N–H and O–H groups in total. The normalized spacial score (nSPS) is 23.5. The lowest BCUT2D eigenvalue weighted by atomic mass is 10.2. The average molecular weight is 236 g/mol. The van der Waals surface area contributed by atoms with E-state index in [9.17, 15) is 0 Å². The average Bonchev–Trinajstić information content (AvgIpc) is 2.86. The smallest absolute Gasteiger partial charge is 0.120 e. The van der Waals surface area contributed by atoms with Crippen LogP contribution in [0.25, 0.3) is 0 Å². The molecular weight excluding hydrogens is 212 g/mol. The first-order valence-electron chi connectivity index (χ1n) is 6.62. The summed E-state index contributed by atoms with van der Waals surface area (Å²) in [6, 6.07) is 5.66. The van der Waals surface area contributed by atoms with Gasteiger partial charge in [-0.05, 0) is 52.8 Å². The predicted molar refractivity (Wildman–Crippen MR) is 70.1 cm³/mol. The van der Waals surface area contributed by atoms with E-state index in [2.05, 4.69) is 37.1 Å². The number of nitrogens with zero attached hydrogens (tertiary/aromatic N) is 1. The Bertz CT molecular complexity index is 359. The number of likely N-dealkylation sites (tertiary alicyclic amines) is 1. The van der Waals surface area contributed by atoms with Crippen molar-refractivity contribution in [3.8, 4) is 0 Å². The maximum Gasteiger partial charge on any atom is 0.120 e. The van der Waals surface area contributed by atoms with E-state index in [1.54, 1.807) is 0 Å². The summed E-state index contributed by atoms with van der Waals surface area (Å²) in [4.78, 5) is 2.53. The van der Waals surface area contributed by atoms with E-state index in [0.29, 0.717) is 18.1 Å². The molecule has 0 aromatic carbocycles. The fourth-order valence-electron chi connectivity index (χ4n) is 2.51. The lowest BCUT2D eigenvalue weighted by Crippen LogP contribution is -2.36. The van der Waals surface area contributed by atoms with Gasteiger partial charge in [0, 0.05) is 18.6 Å². The van der Waals surface area contributed by atoms with Crippen molar-refractivity contribution in [2.24, 2.45) is 0 Å². The highest BCUT2D eigenvalue weighted by Crippen LogP contribution is 2.19. The first kappa shape index (κ1) is 12.7. The molecule has 17 heavy (non-hydrogen) atoms. The third kappa shape index (κ3) is 3.11. The van der Waals surface area contributed by atoms with Crippen LogP contribution in [0.5, 0.6) is 0 Å². The Morgan fingerprint density at radius 1 is 1.35 bits per heavy atom. The highest BCUT2D eigenvalue weighted by Gasteiger charge is 2.25. The number of nitrogens with one attached hydrogen (secondary N) is 1. The molecule has 2 rings (SSSR count). The van der Waals surface area contributed by atoms with Crippen molar-refractivity contribution in [1.29, 1.82) is 0 Å². The molecule has 3 heteroatoms. The molecule has 2 atom stereocenters. The lowest BCUT2D eigenvalue weighted by molar-refractivity contribution is 0.264. The van der Waals surface area contributed by atoms with E-state index in [4.69, 9.17) is 4.42 Å². The molecule has 96 valence electrons. The van der Waals surface area contributed by atoms with Gasteiger partial charge in [-0.3, -0.25) is 4.90 Å². The number of rotatable bonds is 4. The van der Waals surface area contributed by atoms with Crippen LogP contribution in [0.3, 0.4) is 0 Å². The second-order valence-electron chi connectivity index (χ2n) is 5.41. The van der Waals surface area contributed by atoms with E-state index in [-0.39, 0.29) is 0 Å². The van der Waals surface area contributed by atoms with Gasteiger partial charge >= 0.3 is 0 Å². The van der Waals surface area contributed by atoms with Crippen LogP contribution in [0, 0.1) is 6.92 Å². The second-order valence-corrected chi connectivity index (χ2v) is 5.41. The van der Waals surface area contributed by atoms with E-state index in [0.717, 1.165) is 18.1 Å². The SMILES string of the molecule is Cc1ccc(C(C)NC2CCN(C(C)C)C2)o1. The van der Waals surface area contributed by atoms with Gasteiger partial charge in [0.1, 0.15) is 11.5 Å². The molecule has 1 aromatic heterocycles. The fourth-order valence-corrected chi connectivity index (χ4v) is 2.51. The number of hydrogen-bond acceptors (Lipinski definition) is 3. The molecule has 2 unspecified atom stereocenters. The highest BCUT2D eigenvalue weighted by atomic mass is 16.3. The molecule has 1 aliphatic heterocycles. The quantitative estimate of drug-likeness (QED) is 0.871. The summed E-state index contributed by atoms with van der Waals surface area (Å²) in [5.74, 6) is 2.04. The topological polar surface area (TPSA) is 28.4 Å². The largest absolute Gasteiger partial charge is 0.465 e. The summed E-state index contributed by atoms with van der Waals surface area (Å²) < 4.78 is 5.65. The molecule has 1 fully saturated rings. The molecule has 0 aliphatic carbocycles. The van der Waals surface area contributed by atoms with Crippen molar-refractivity contribution in [3.63, 3.8) is 0 Å². The Balaban J connectivity index is 1.86. The predicted octanol–water partition coefficient (Wildman–Crippen LogP) is 2.72. The Hall–Kier alpha value is -0.800. The van der Waals surface area contributed by atoms with E-state index in [1.807, 2.05) is 13.0 Å². The first-order chi connectivity index (χ1) is 8.06. The van der Waals surface area contributed by atoms with Crippen LogP contribution < -0.4 is 5.32 Å². The summed E-state index contributed by atoms with van der Waals surface area (Å²) >= 11 is 0. The van der Waals surface area contributed by atoms with Crippen LogP contribution in [0.1, 0.15) is 44.8 Å². The van der Waals surface area contributed by atoms with Crippen molar-refractivity contribution < 1.29 is 4.42 Å². The maximum absolute atomic E-state index is 5.65. The number of aryl methyl sites for hydroxylation is 1. The zero-order chi connectivity index (χ0) is 12.4. The fraction of sp³-hybridized carbons (Fsp3) is 0.714. The lowest BCUT2D eigenvalue weighted by Gasteiger charge is -2.22. The van der Waals surface area contributed by atoms with Crippen LogP contribution >= 0.6 is 0 Å². The number of furan rings is 1. The minimum absolute atomic E-state index is 0.306. The molecule has 1 aliphatic rings. The maximum atomic E-state index is 5.65. The van der Waals surface area contributed by atoms with Gasteiger partial charge in [0.25, 0.3) is 0 Å². The van der Waals surface area contributed by atoms with Gasteiger partial charge in [0.05, 0.1) is 6.04 Å². The molecule has 0 bridgehead atoms. The van der Waals surface area contributed by atoms with Crippen molar-refractivity contribution >= 4 is 0 Å². The third-order valence-electron chi connectivity index (χ3n) is 3.62. The Labute approximate surface area is 104 Å². The molecule has 0 radical (unpaired) electrons. The second kappa shape index (κ2) is 5.23. The monoisotopic (exact) mass is 236 g/mol. The molecule has 1 aromatic rings. The van der Waals surface area contributed by atoms with Crippen LogP contribution in [0.2, 0.25) is 0 Å². The van der Waals surface area contributed by atoms with Gasteiger partial charge in [-0.15, -0.1) is 0 Å². The van der Waals surface area contributed by atoms with Crippen molar-refractivity contribution in [1.82, 2.24) is 10.2 Å². The Kier molecular flexibility index (Phi) is 3.89. The van der Waals surface area contributed by atoms with Crippen LogP contribution in [0.4, 0.5) is 0 Å². The molecule has 2 heterocycles. The summed E-state index contributed by atoms with van der Waals surface area (Å²) in [5, 5.41) is 3.66. The molecule has 0 amide bonds. The zero-order valence-corrected chi connectivity index (χ0v) is 11.4. The minimum Gasteiger partial charge on any atom is -0.465 e. The molecule has 1 saturated heterocycles. The molecular formula is C14H24N2O. The van der Waals surface area contributed by atoms with E-state index in [1.165, 1.54) is 13.0 Å². The van der Waals surface area contributed by atoms with Gasteiger partial charge in [-0.1, -0.05) is 0 Å². The minimum atomic E-state index is 0.306. The summed E-state index contributed by atoms with van der Waals surface area (Å²) in [5.41, 5.74) is 0. The van der Waals surface area contributed by atoms with Crippen LogP contribution in [0.15, 0.2) is 16.5 Å². The zero-order valence-electron chi connectivity index (χ0n) is 11.4. The Morgan fingerprint density at radius 3 is 2.65 bits per heavy atom. The molecule has 3 nitrogen and oxygen atoms in total. The van der Waals surface area contributed by atoms with Crippen molar-refractivity contribution in [2.45, 2.75) is 52.2 Å². The summed E-state index contributed by atoms with van der Waals surface area (Å²) in [7, 11) is 0. The van der Waals surface area contributed by atoms with Crippen molar-refractivity contribution in [2.75, 3.05) is 13.1 Å².